The van der Waals surface area contributed by atoms with Crippen molar-refractivity contribution in [2.24, 2.45) is 0 Å². The van der Waals surface area contributed by atoms with Gasteiger partial charge >= 0.3 is 0 Å². The molecule has 1 saturated heterocycles. The topological polar surface area (TPSA) is 52.6 Å². The molecule has 0 radical (unpaired) electrons. The average Bonchev–Trinajstić information content (AvgIpc) is 2.39. The van der Waals surface area contributed by atoms with E-state index in [-0.39, 0.29) is 18.6 Å². The van der Waals surface area contributed by atoms with Crippen LogP contribution in [0, 0.1) is 0 Å². The molecule has 1 amide bonds. The normalized spacial score (nSPS) is 16.5. The van der Waals surface area contributed by atoms with Gasteiger partial charge in [0.2, 0.25) is 5.91 Å². The van der Waals surface area contributed by atoms with Crippen molar-refractivity contribution in [3.63, 3.8) is 0 Å². The Morgan fingerprint density at radius 3 is 2.74 bits per heavy atom. The third kappa shape index (κ3) is 3.70. The minimum absolute atomic E-state index is 0.0399. The van der Waals surface area contributed by atoms with Crippen molar-refractivity contribution in [1.29, 1.82) is 0 Å². The van der Waals surface area contributed by atoms with Crippen molar-refractivity contribution < 1.29 is 9.90 Å². The van der Waals surface area contributed by atoms with Gasteiger partial charge in [-0.15, -0.1) is 0 Å². The molecule has 0 unspecified atom stereocenters. The molecule has 19 heavy (non-hydrogen) atoms. The van der Waals surface area contributed by atoms with E-state index in [0.29, 0.717) is 0 Å². The maximum Gasteiger partial charge on any atom is 0.217 e. The van der Waals surface area contributed by atoms with Crippen LogP contribution in [0.15, 0.2) is 22.7 Å². The lowest BCUT2D eigenvalue weighted by molar-refractivity contribution is -0.119. The first-order valence-corrected chi connectivity index (χ1v) is 7.31. The summed E-state index contributed by atoms with van der Waals surface area (Å²) in [5, 5.41) is 12.4. The number of aliphatic hydroxyl groups excluding tert-OH is 1. The predicted octanol–water partition coefficient (Wildman–Crippen LogP) is 2.05. The molecule has 1 aromatic rings. The van der Waals surface area contributed by atoms with Gasteiger partial charge in [0.15, 0.2) is 0 Å². The number of nitrogens with one attached hydrogen (secondary N) is 1. The zero-order valence-electron chi connectivity index (χ0n) is 11.0. The second-order valence-corrected chi connectivity index (χ2v) is 5.81. The quantitative estimate of drug-likeness (QED) is 0.893. The van der Waals surface area contributed by atoms with Crippen LogP contribution in [0.3, 0.4) is 0 Å². The fraction of sp³-hybridized carbons (Fsp3) is 0.500. The fourth-order valence-electron chi connectivity index (χ4n) is 2.54. The molecular formula is C14H19BrN2O2. The highest BCUT2D eigenvalue weighted by Gasteiger charge is 2.21. The molecular weight excluding hydrogens is 308 g/mol. The smallest absolute Gasteiger partial charge is 0.217 e. The first-order chi connectivity index (χ1) is 9.10. The van der Waals surface area contributed by atoms with Gasteiger partial charge in [0, 0.05) is 41.8 Å². The molecule has 0 bridgehead atoms. The molecule has 1 heterocycles. The summed E-state index contributed by atoms with van der Waals surface area (Å²) < 4.78 is 0.980. The molecule has 0 spiro atoms. The van der Waals surface area contributed by atoms with E-state index in [0.717, 1.165) is 41.7 Å². The van der Waals surface area contributed by atoms with Crippen LogP contribution in [0.4, 0.5) is 5.69 Å². The Morgan fingerprint density at radius 1 is 1.47 bits per heavy atom. The van der Waals surface area contributed by atoms with Crippen molar-refractivity contribution in [1.82, 2.24) is 5.32 Å². The van der Waals surface area contributed by atoms with Crippen LogP contribution < -0.4 is 10.2 Å². The van der Waals surface area contributed by atoms with E-state index in [4.69, 9.17) is 0 Å². The number of carbonyl (C=O) groups is 1. The Labute approximate surface area is 121 Å². The third-order valence-corrected chi connectivity index (χ3v) is 3.95. The van der Waals surface area contributed by atoms with E-state index in [1.54, 1.807) is 6.92 Å². The maximum atomic E-state index is 11.0. The molecule has 0 atom stereocenters. The van der Waals surface area contributed by atoms with Crippen LogP contribution in [0.1, 0.15) is 25.3 Å². The molecule has 104 valence electrons. The highest BCUT2D eigenvalue weighted by atomic mass is 79.9. The zero-order valence-corrected chi connectivity index (χ0v) is 12.6. The summed E-state index contributed by atoms with van der Waals surface area (Å²) in [7, 11) is 0. The lowest BCUT2D eigenvalue weighted by atomic mass is 10.0. The number of halogens is 1. The van der Waals surface area contributed by atoms with Crippen LogP contribution >= 0.6 is 15.9 Å². The highest BCUT2D eigenvalue weighted by molar-refractivity contribution is 9.10. The summed E-state index contributed by atoms with van der Waals surface area (Å²) >= 11 is 3.42. The van der Waals surface area contributed by atoms with Crippen molar-refractivity contribution in [3.05, 3.63) is 28.2 Å². The minimum atomic E-state index is 0.0399. The largest absolute Gasteiger partial charge is 0.392 e. The predicted molar refractivity (Wildman–Crippen MR) is 79.1 cm³/mol. The van der Waals surface area contributed by atoms with Gasteiger partial charge in [-0.2, -0.15) is 0 Å². The van der Waals surface area contributed by atoms with E-state index in [1.807, 2.05) is 18.2 Å². The van der Waals surface area contributed by atoms with Gasteiger partial charge in [-0.3, -0.25) is 4.79 Å². The minimum Gasteiger partial charge on any atom is -0.392 e. The summed E-state index contributed by atoms with van der Waals surface area (Å²) in [5.41, 5.74) is 2.03. The molecule has 1 aliphatic rings. The summed E-state index contributed by atoms with van der Waals surface area (Å²) in [5.74, 6) is 0.0399. The molecule has 2 rings (SSSR count). The second kappa shape index (κ2) is 6.39. The van der Waals surface area contributed by atoms with Crippen LogP contribution in [0.25, 0.3) is 0 Å². The SMILES string of the molecule is CC(=O)NC1CCN(c2ccc(Br)cc2CO)CC1. The van der Waals surface area contributed by atoms with Crippen molar-refractivity contribution >= 4 is 27.5 Å². The number of hydrogen-bond acceptors (Lipinski definition) is 3. The number of carbonyl (C=O) groups excluding carboxylic acids is 1. The van der Waals surface area contributed by atoms with Gasteiger partial charge in [0.05, 0.1) is 6.61 Å². The van der Waals surface area contributed by atoms with Crippen LogP contribution in [-0.4, -0.2) is 30.1 Å². The molecule has 1 aliphatic heterocycles. The van der Waals surface area contributed by atoms with Crippen LogP contribution in [0.5, 0.6) is 0 Å². The number of rotatable bonds is 3. The lowest BCUT2D eigenvalue weighted by Crippen LogP contribution is -2.44. The molecule has 1 fully saturated rings. The van der Waals surface area contributed by atoms with Gasteiger partial charge in [-0.1, -0.05) is 15.9 Å². The number of anilines is 1. The molecule has 4 nitrogen and oxygen atoms in total. The molecule has 0 aliphatic carbocycles. The molecule has 1 aromatic carbocycles. The maximum absolute atomic E-state index is 11.0. The fourth-order valence-corrected chi connectivity index (χ4v) is 2.95. The third-order valence-electron chi connectivity index (χ3n) is 3.45. The van der Waals surface area contributed by atoms with Crippen molar-refractivity contribution in [2.45, 2.75) is 32.4 Å². The molecule has 5 heteroatoms. The van der Waals surface area contributed by atoms with E-state index < -0.39 is 0 Å². The number of piperidine rings is 1. The first-order valence-electron chi connectivity index (χ1n) is 6.51. The number of benzene rings is 1. The second-order valence-electron chi connectivity index (χ2n) is 4.89. The van der Waals surface area contributed by atoms with Crippen molar-refractivity contribution in [3.8, 4) is 0 Å². The van der Waals surface area contributed by atoms with Crippen molar-refractivity contribution in [2.75, 3.05) is 18.0 Å². The van der Waals surface area contributed by atoms with Crippen LogP contribution in [-0.2, 0) is 11.4 Å². The molecule has 0 saturated carbocycles. The van der Waals surface area contributed by atoms with Gasteiger partial charge in [-0.05, 0) is 31.0 Å². The van der Waals surface area contributed by atoms with E-state index in [2.05, 4.69) is 26.1 Å². The van der Waals surface area contributed by atoms with Crippen LogP contribution in [0.2, 0.25) is 0 Å². The Bertz CT molecular complexity index is 457. The molecule has 0 aromatic heterocycles. The summed E-state index contributed by atoms with van der Waals surface area (Å²) in [4.78, 5) is 13.3. The average molecular weight is 327 g/mol. The monoisotopic (exact) mass is 326 g/mol. The van der Waals surface area contributed by atoms with E-state index in [9.17, 15) is 9.90 Å². The first kappa shape index (κ1) is 14.3. The van der Waals surface area contributed by atoms with Gasteiger partial charge in [-0.25, -0.2) is 0 Å². The van der Waals surface area contributed by atoms with Gasteiger partial charge < -0.3 is 15.3 Å². The Hall–Kier alpha value is -1.07. The van der Waals surface area contributed by atoms with Gasteiger partial charge in [0.1, 0.15) is 0 Å². The Morgan fingerprint density at radius 2 is 2.16 bits per heavy atom. The summed E-state index contributed by atoms with van der Waals surface area (Å²) in [6.45, 7) is 3.41. The number of aliphatic hydroxyl groups is 1. The zero-order chi connectivity index (χ0) is 13.8. The highest BCUT2D eigenvalue weighted by Crippen LogP contribution is 2.27. The van der Waals surface area contributed by atoms with Gasteiger partial charge in [0.25, 0.3) is 0 Å². The Balaban J connectivity index is 2.03. The summed E-state index contributed by atoms with van der Waals surface area (Å²) in [6.07, 6.45) is 1.89. The Kier molecular flexibility index (Phi) is 4.82. The van der Waals surface area contributed by atoms with E-state index in [1.165, 1.54) is 0 Å². The standard InChI is InChI=1S/C14H19BrN2O2/c1-10(19)16-13-4-6-17(7-5-13)14-3-2-12(15)8-11(14)9-18/h2-3,8,13,18H,4-7,9H2,1H3,(H,16,19). The number of nitrogens with zero attached hydrogens (tertiary/aromatic N) is 1. The number of hydrogen-bond donors (Lipinski definition) is 2. The lowest BCUT2D eigenvalue weighted by Gasteiger charge is -2.34. The molecule has 2 N–H and O–H groups in total. The van der Waals surface area contributed by atoms with E-state index >= 15 is 0 Å². The number of amides is 1. The summed E-state index contributed by atoms with van der Waals surface area (Å²) in [6, 6.07) is 6.26.